The Morgan fingerprint density at radius 2 is 1.56 bits per heavy atom. The van der Waals surface area contributed by atoms with Crippen molar-refractivity contribution in [2.45, 2.75) is 6.42 Å². The number of aromatic nitrogens is 1. The molecule has 8 nitrogen and oxygen atoms in total. The molecule has 0 spiro atoms. The third kappa shape index (κ3) is 5.60. The lowest BCUT2D eigenvalue weighted by molar-refractivity contribution is -0.120. The van der Waals surface area contributed by atoms with E-state index in [1.165, 1.54) is 11.3 Å². The van der Waals surface area contributed by atoms with E-state index in [2.05, 4.69) is 4.90 Å². The number of ether oxygens (including phenoxy) is 4. The molecule has 9 heteroatoms. The summed E-state index contributed by atoms with van der Waals surface area (Å²) in [6.45, 7) is 1.27. The van der Waals surface area contributed by atoms with E-state index in [0.29, 0.717) is 34.4 Å². The molecule has 1 heterocycles. The molecule has 0 aliphatic heterocycles. The van der Waals surface area contributed by atoms with Gasteiger partial charge in [-0.05, 0) is 63.5 Å². The smallest absolute Gasteiger partial charge is 0.266 e. The lowest BCUT2D eigenvalue weighted by atomic mass is 10.3. The number of nitrogens with zero attached hydrogens (tertiary/aromatic N) is 3. The van der Waals surface area contributed by atoms with Crippen molar-refractivity contribution in [3.63, 3.8) is 0 Å². The fourth-order valence-corrected chi connectivity index (χ4v) is 4.27. The molecule has 172 valence electrons. The lowest BCUT2D eigenvalue weighted by Crippen LogP contribution is -2.36. The number of anilines is 1. The summed E-state index contributed by atoms with van der Waals surface area (Å²) in [5.74, 6) is 2.49. The maximum atomic E-state index is 13.2. The van der Waals surface area contributed by atoms with Gasteiger partial charge in [0.25, 0.3) is 5.91 Å². The lowest BCUT2D eigenvalue weighted by Gasteiger charge is -2.21. The summed E-state index contributed by atoms with van der Waals surface area (Å²) in [5, 5.41) is 0.588. The Morgan fingerprint density at radius 1 is 0.906 bits per heavy atom. The minimum Gasteiger partial charge on any atom is -0.497 e. The molecule has 0 aliphatic carbocycles. The van der Waals surface area contributed by atoms with Gasteiger partial charge < -0.3 is 23.8 Å². The number of hydrogen-bond donors (Lipinski definition) is 0. The maximum absolute atomic E-state index is 13.2. The van der Waals surface area contributed by atoms with Gasteiger partial charge in [-0.15, -0.1) is 0 Å². The van der Waals surface area contributed by atoms with Crippen molar-refractivity contribution in [3.8, 4) is 23.0 Å². The van der Waals surface area contributed by atoms with Gasteiger partial charge in [0.05, 0.1) is 21.3 Å². The Kier molecular flexibility index (Phi) is 8.13. The van der Waals surface area contributed by atoms with Crippen molar-refractivity contribution in [2.24, 2.45) is 0 Å². The number of fused-ring (bicyclic) bond motifs is 1. The minimum absolute atomic E-state index is 0.0987. The van der Waals surface area contributed by atoms with Crippen molar-refractivity contribution < 1.29 is 23.7 Å². The van der Waals surface area contributed by atoms with Crippen molar-refractivity contribution in [1.29, 1.82) is 0 Å². The maximum Gasteiger partial charge on any atom is 0.266 e. The van der Waals surface area contributed by atoms with Gasteiger partial charge in [-0.1, -0.05) is 11.3 Å². The Labute approximate surface area is 192 Å². The number of amides is 1. The van der Waals surface area contributed by atoms with Gasteiger partial charge in [0.2, 0.25) is 0 Å². The van der Waals surface area contributed by atoms with E-state index in [0.717, 1.165) is 23.4 Å². The molecule has 1 aromatic heterocycles. The number of hydrogen-bond acceptors (Lipinski definition) is 8. The van der Waals surface area contributed by atoms with Crippen LogP contribution >= 0.6 is 11.3 Å². The highest BCUT2D eigenvalue weighted by atomic mass is 32.1. The zero-order valence-corrected chi connectivity index (χ0v) is 19.9. The zero-order valence-electron chi connectivity index (χ0n) is 19.1. The van der Waals surface area contributed by atoms with Gasteiger partial charge in [0, 0.05) is 6.54 Å². The number of rotatable bonds is 11. The first-order valence-corrected chi connectivity index (χ1v) is 11.0. The van der Waals surface area contributed by atoms with E-state index >= 15 is 0 Å². The Morgan fingerprint density at radius 3 is 2.19 bits per heavy atom. The average molecular weight is 460 g/mol. The van der Waals surface area contributed by atoms with Crippen molar-refractivity contribution >= 4 is 32.6 Å². The standard InChI is InChI=1S/C23H29N3O5S/c1-25(2)13-6-14-26(20(27)15-31-17-9-7-16(28-3)8-10-17)23-24-21-18(29-4)11-12-19(30-5)22(21)32-23/h7-12H,6,13-15H2,1-5H3. The number of thiazole rings is 1. The van der Waals surface area contributed by atoms with E-state index < -0.39 is 0 Å². The van der Waals surface area contributed by atoms with Crippen LogP contribution in [0.4, 0.5) is 5.13 Å². The molecule has 3 aromatic rings. The van der Waals surface area contributed by atoms with Gasteiger partial charge >= 0.3 is 0 Å². The Balaban J connectivity index is 1.84. The second-order valence-electron chi connectivity index (χ2n) is 7.31. The van der Waals surface area contributed by atoms with Gasteiger partial charge in [-0.3, -0.25) is 9.69 Å². The molecular formula is C23H29N3O5S. The predicted molar refractivity (Wildman–Crippen MR) is 127 cm³/mol. The summed E-state index contributed by atoms with van der Waals surface area (Å²) < 4.78 is 22.7. The summed E-state index contributed by atoms with van der Waals surface area (Å²) in [4.78, 5) is 21.7. The van der Waals surface area contributed by atoms with Crippen LogP contribution in [0.1, 0.15) is 6.42 Å². The van der Waals surface area contributed by atoms with Crippen molar-refractivity contribution in [2.75, 3.05) is 60.0 Å². The highest BCUT2D eigenvalue weighted by Crippen LogP contribution is 2.40. The van der Waals surface area contributed by atoms with E-state index in [4.69, 9.17) is 23.9 Å². The average Bonchev–Trinajstić information content (AvgIpc) is 3.24. The Hall–Kier alpha value is -3.04. The molecular weight excluding hydrogens is 430 g/mol. The largest absolute Gasteiger partial charge is 0.497 e. The third-order valence-electron chi connectivity index (χ3n) is 4.84. The molecule has 0 aliphatic rings. The molecule has 0 radical (unpaired) electrons. The monoisotopic (exact) mass is 459 g/mol. The van der Waals surface area contributed by atoms with Gasteiger partial charge in [-0.2, -0.15) is 0 Å². The van der Waals surface area contributed by atoms with E-state index in [-0.39, 0.29) is 12.5 Å². The van der Waals surface area contributed by atoms with Gasteiger partial charge in [0.1, 0.15) is 33.2 Å². The molecule has 0 saturated carbocycles. The van der Waals surface area contributed by atoms with Crippen LogP contribution in [0.5, 0.6) is 23.0 Å². The fraction of sp³-hybridized carbons (Fsp3) is 0.391. The second kappa shape index (κ2) is 11.0. The van der Waals surface area contributed by atoms with E-state index in [1.54, 1.807) is 50.5 Å². The molecule has 0 fully saturated rings. The summed E-state index contributed by atoms with van der Waals surface area (Å²) in [7, 11) is 8.83. The molecule has 0 atom stereocenters. The molecule has 32 heavy (non-hydrogen) atoms. The SMILES string of the molecule is COc1ccc(OCC(=O)N(CCCN(C)C)c2nc3c(OC)ccc(OC)c3s2)cc1. The van der Waals surface area contributed by atoms with E-state index in [9.17, 15) is 4.79 Å². The quantitative estimate of drug-likeness (QED) is 0.433. The minimum atomic E-state index is -0.170. The first kappa shape index (κ1) is 23.6. The first-order chi connectivity index (χ1) is 15.5. The molecule has 3 rings (SSSR count). The first-order valence-electron chi connectivity index (χ1n) is 10.2. The fourth-order valence-electron chi connectivity index (χ4n) is 3.16. The van der Waals surface area contributed by atoms with Crippen molar-refractivity contribution in [3.05, 3.63) is 36.4 Å². The number of carbonyl (C=O) groups is 1. The number of benzene rings is 2. The molecule has 0 bridgehead atoms. The molecule has 1 amide bonds. The van der Waals surface area contributed by atoms with Crippen LogP contribution in [0.2, 0.25) is 0 Å². The normalized spacial score (nSPS) is 10.9. The topological polar surface area (TPSA) is 73.4 Å². The summed E-state index contributed by atoms with van der Waals surface area (Å²) in [6, 6.07) is 10.8. The van der Waals surface area contributed by atoms with Gasteiger partial charge in [-0.25, -0.2) is 4.98 Å². The van der Waals surface area contributed by atoms with Crippen LogP contribution in [-0.4, -0.2) is 70.9 Å². The zero-order chi connectivity index (χ0) is 23.1. The van der Waals surface area contributed by atoms with Crippen molar-refractivity contribution in [1.82, 2.24) is 9.88 Å². The number of methoxy groups -OCH3 is 3. The summed E-state index contributed by atoms with van der Waals surface area (Å²) in [5.41, 5.74) is 0.674. The van der Waals surface area contributed by atoms with Crippen LogP contribution in [0, 0.1) is 0 Å². The highest BCUT2D eigenvalue weighted by Gasteiger charge is 2.23. The van der Waals surface area contributed by atoms with Crippen LogP contribution < -0.4 is 23.8 Å². The second-order valence-corrected chi connectivity index (χ2v) is 8.29. The molecule has 2 aromatic carbocycles. The van der Waals surface area contributed by atoms with Crippen LogP contribution in [0.25, 0.3) is 10.2 Å². The van der Waals surface area contributed by atoms with Crippen LogP contribution in [0.15, 0.2) is 36.4 Å². The highest BCUT2D eigenvalue weighted by molar-refractivity contribution is 7.22. The summed E-state index contributed by atoms with van der Waals surface area (Å²) in [6.07, 6.45) is 0.797. The molecule has 0 unspecified atom stereocenters. The van der Waals surface area contributed by atoms with Crippen LogP contribution in [0.3, 0.4) is 0 Å². The predicted octanol–water partition coefficient (Wildman–Crippen LogP) is 3.69. The third-order valence-corrected chi connectivity index (χ3v) is 5.93. The van der Waals surface area contributed by atoms with Crippen LogP contribution in [-0.2, 0) is 4.79 Å². The number of carbonyl (C=O) groups excluding carboxylic acids is 1. The summed E-state index contributed by atoms with van der Waals surface area (Å²) >= 11 is 1.40. The molecule has 0 N–H and O–H groups in total. The van der Waals surface area contributed by atoms with E-state index in [1.807, 2.05) is 26.2 Å². The Bertz CT molecular complexity index is 995. The molecule has 0 saturated heterocycles. The van der Waals surface area contributed by atoms with Gasteiger partial charge in [0.15, 0.2) is 11.7 Å².